The van der Waals surface area contributed by atoms with Gasteiger partial charge in [0.05, 0.1) is 29.3 Å². The van der Waals surface area contributed by atoms with Crippen molar-refractivity contribution in [3.05, 3.63) is 64.6 Å². The number of carbonyl (C=O) groups is 3. The number of hydrogen-bond donors (Lipinski definition) is 5. The molecule has 192 valence electrons. The first-order valence-corrected chi connectivity index (χ1v) is 11.9. The van der Waals surface area contributed by atoms with Crippen molar-refractivity contribution in [1.29, 1.82) is 0 Å². The molecule has 1 aromatic carbocycles. The summed E-state index contributed by atoms with van der Waals surface area (Å²) < 4.78 is 0. The number of amides is 1. The third-order valence-electron chi connectivity index (χ3n) is 7.93. The zero-order valence-corrected chi connectivity index (χ0v) is 20.4. The third-order valence-corrected chi connectivity index (χ3v) is 7.93. The number of carbonyl (C=O) groups excluding carboxylic acids is 3. The molecule has 1 aromatic heterocycles. The molecule has 10 nitrogen and oxygen atoms in total. The predicted molar refractivity (Wildman–Crippen MR) is 132 cm³/mol. The van der Waals surface area contributed by atoms with Crippen LogP contribution in [0.3, 0.4) is 0 Å². The van der Waals surface area contributed by atoms with Gasteiger partial charge in [-0.05, 0) is 43.8 Å². The van der Waals surface area contributed by atoms with Crippen molar-refractivity contribution in [2.24, 2.45) is 23.5 Å². The van der Waals surface area contributed by atoms with Crippen LogP contribution in [0.5, 0.6) is 5.75 Å². The van der Waals surface area contributed by atoms with Crippen LogP contribution >= 0.6 is 0 Å². The minimum atomic E-state index is -1.55. The lowest BCUT2D eigenvalue weighted by Gasteiger charge is -2.50. The van der Waals surface area contributed by atoms with Gasteiger partial charge in [0, 0.05) is 29.2 Å². The second-order valence-electron chi connectivity index (χ2n) is 10.0. The maximum absolute atomic E-state index is 13.9. The Morgan fingerprint density at radius 2 is 1.76 bits per heavy atom. The van der Waals surface area contributed by atoms with Gasteiger partial charge in [-0.3, -0.25) is 24.3 Å². The highest BCUT2D eigenvalue weighted by Crippen LogP contribution is 2.55. The number of phenols is 1. The van der Waals surface area contributed by atoms with Crippen LogP contribution in [0.1, 0.15) is 24.0 Å². The minimum Gasteiger partial charge on any atom is -0.510 e. The summed E-state index contributed by atoms with van der Waals surface area (Å²) in [4.78, 5) is 45.1. The summed E-state index contributed by atoms with van der Waals surface area (Å²) in [6.07, 6.45) is 0.204. The van der Waals surface area contributed by atoms with E-state index in [2.05, 4.69) is 4.98 Å². The van der Waals surface area contributed by atoms with Gasteiger partial charge in [-0.15, -0.1) is 0 Å². The van der Waals surface area contributed by atoms with E-state index in [0.717, 1.165) is 0 Å². The van der Waals surface area contributed by atoms with E-state index < -0.39 is 70.4 Å². The normalized spacial score (nSPS) is 29.2. The quantitative estimate of drug-likeness (QED) is 0.305. The van der Waals surface area contributed by atoms with Gasteiger partial charge in [-0.25, -0.2) is 0 Å². The molecule has 1 saturated carbocycles. The third kappa shape index (κ3) is 3.32. The number of Topliss-reactive ketones (excluding diaryl/α,β-unsaturated/α-hetero) is 2. The van der Waals surface area contributed by atoms with Gasteiger partial charge in [0.25, 0.3) is 5.91 Å². The Hall–Kier alpha value is -4.02. The number of phenolic OH excluding ortho intramolecular Hbond substituents is 1. The number of fused-ring (bicyclic) bond motifs is 3. The lowest BCUT2D eigenvalue weighted by Crippen LogP contribution is -2.61. The summed E-state index contributed by atoms with van der Waals surface area (Å²) in [7, 11) is 3.17. The highest BCUT2D eigenvalue weighted by atomic mass is 16.3. The summed E-state index contributed by atoms with van der Waals surface area (Å²) >= 11 is 0. The summed E-state index contributed by atoms with van der Waals surface area (Å²) in [6.45, 7) is 1.76. The summed E-state index contributed by atoms with van der Waals surface area (Å²) in [5, 5.41) is 45.0. The van der Waals surface area contributed by atoms with Crippen molar-refractivity contribution in [3.8, 4) is 17.0 Å². The maximum Gasteiger partial charge on any atom is 0.255 e. The fraction of sp³-hybridized carbons (Fsp3) is 0.333. The summed E-state index contributed by atoms with van der Waals surface area (Å²) in [5.41, 5.74) is 5.82. The highest BCUT2D eigenvalue weighted by molar-refractivity contribution is 6.28. The van der Waals surface area contributed by atoms with E-state index in [-0.39, 0.29) is 16.9 Å². The maximum atomic E-state index is 13.9. The van der Waals surface area contributed by atoms with Crippen molar-refractivity contribution >= 4 is 23.2 Å². The molecule has 0 bridgehead atoms. The molecule has 0 radical (unpaired) electrons. The van der Waals surface area contributed by atoms with Gasteiger partial charge >= 0.3 is 0 Å². The molecular weight excluding hydrogens is 478 g/mol. The number of aliphatic hydroxyl groups is 3. The van der Waals surface area contributed by atoms with Crippen LogP contribution in [-0.4, -0.2) is 74.0 Å². The molecule has 1 amide bonds. The molecule has 5 rings (SSSR count). The van der Waals surface area contributed by atoms with Crippen LogP contribution in [0.4, 0.5) is 0 Å². The average molecular weight is 506 g/mol. The van der Waals surface area contributed by atoms with Crippen molar-refractivity contribution in [2.45, 2.75) is 25.0 Å². The molecule has 0 aliphatic heterocycles. The number of primary amides is 1. The molecule has 3 aliphatic carbocycles. The van der Waals surface area contributed by atoms with Crippen LogP contribution in [0.2, 0.25) is 0 Å². The largest absolute Gasteiger partial charge is 0.510 e. The van der Waals surface area contributed by atoms with E-state index in [4.69, 9.17) is 5.73 Å². The molecule has 1 fully saturated rings. The first kappa shape index (κ1) is 24.7. The van der Waals surface area contributed by atoms with Crippen LogP contribution < -0.4 is 5.73 Å². The van der Waals surface area contributed by atoms with Crippen LogP contribution in [-0.2, 0) is 14.4 Å². The second-order valence-corrected chi connectivity index (χ2v) is 10.0. The average Bonchev–Trinajstić information content (AvgIpc) is 2.84. The first-order chi connectivity index (χ1) is 17.5. The minimum absolute atomic E-state index is 0.0295. The molecule has 2 aromatic rings. The summed E-state index contributed by atoms with van der Waals surface area (Å²) in [5.74, 6) is -8.50. The van der Waals surface area contributed by atoms with Crippen molar-refractivity contribution < 1.29 is 34.8 Å². The Balaban J connectivity index is 1.73. The lowest BCUT2D eigenvalue weighted by molar-refractivity contribution is -0.143. The number of rotatable bonds is 3. The number of benzene rings is 1. The fourth-order valence-corrected chi connectivity index (χ4v) is 6.34. The van der Waals surface area contributed by atoms with E-state index in [1.165, 1.54) is 4.90 Å². The number of nitrogens with two attached hydrogens (primary N) is 1. The number of likely N-dealkylation sites (N-methyl/N-ethyl adjacent to an activating group) is 1. The molecule has 0 spiro atoms. The number of aromatic nitrogens is 1. The number of aliphatic hydroxyl groups excluding tert-OH is 3. The molecule has 0 saturated heterocycles. The van der Waals surface area contributed by atoms with Crippen molar-refractivity contribution in [3.63, 3.8) is 0 Å². The van der Waals surface area contributed by atoms with Gasteiger partial charge in [0.1, 0.15) is 22.8 Å². The van der Waals surface area contributed by atoms with Gasteiger partial charge in [0.15, 0.2) is 11.6 Å². The number of hydrogen-bond acceptors (Lipinski definition) is 9. The standard InChI is InChI=1S/C27H27N3O7/c1-10-11-7-8-12(13-6-4-5-9-29-13)21(31)15(11)23(33)17-14(10)22(32)16-18(24(17)34)25(35)19(27(28)37)26(36)20(16)30(2)3/h4-10,14,16,18,20,22,31-33,36H,1-3H3,(H2,28,37)/t10?,14-,16-,18?,20+,22+/m1/s1. The van der Waals surface area contributed by atoms with E-state index in [9.17, 15) is 34.8 Å². The monoisotopic (exact) mass is 505 g/mol. The van der Waals surface area contributed by atoms with Crippen LogP contribution in [0.25, 0.3) is 17.0 Å². The molecule has 10 heteroatoms. The topological polar surface area (TPSA) is 174 Å². The Kier molecular flexibility index (Phi) is 5.69. The van der Waals surface area contributed by atoms with E-state index in [1.807, 2.05) is 0 Å². The second kappa shape index (κ2) is 8.53. The van der Waals surface area contributed by atoms with E-state index in [0.29, 0.717) is 16.8 Å². The van der Waals surface area contributed by atoms with Gasteiger partial charge in [-0.1, -0.05) is 19.1 Å². The van der Waals surface area contributed by atoms with E-state index >= 15 is 0 Å². The van der Waals surface area contributed by atoms with Crippen LogP contribution in [0, 0.1) is 17.8 Å². The zero-order chi connectivity index (χ0) is 26.9. The highest BCUT2D eigenvalue weighted by Gasteiger charge is 2.60. The fourth-order valence-electron chi connectivity index (χ4n) is 6.34. The van der Waals surface area contributed by atoms with Crippen LogP contribution in [0.15, 0.2) is 53.4 Å². The number of pyridine rings is 1. The Labute approximate surface area is 212 Å². The zero-order valence-electron chi connectivity index (χ0n) is 20.4. The molecule has 1 heterocycles. The molecule has 3 aliphatic rings. The number of aromatic hydroxyl groups is 1. The SMILES string of the molecule is CC1c2ccc(-c3ccccn3)c(O)c2C(O)=C2C(=O)C3C(=O)C(C(N)=O)=C(O)[C@@H](N(C)C)[C@@H]3[C@@H](O)[C@@H]21. The number of nitrogens with zero attached hydrogens (tertiary/aromatic N) is 2. The first-order valence-electron chi connectivity index (χ1n) is 11.9. The number of ketones is 2. The lowest BCUT2D eigenvalue weighted by atomic mass is 9.56. The van der Waals surface area contributed by atoms with Crippen molar-refractivity contribution in [1.82, 2.24) is 9.88 Å². The predicted octanol–water partition coefficient (Wildman–Crippen LogP) is 1.44. The molecule has 6 atom stereocenters. The summed E-state index contributed by atoms with van der Waals surface area (Å²) in [6, 6.07) is 7.48. The van der Waals surface area contributed by atoms with Crippen molar-refractivity contribution in [2.75, 3.05) is 14.1 Å². The van der Waals surface area contributed by atoms with Gasteiger partial charge in [0.2, 0.25) is 0 Å². The van der Waals surface area contributed by atoms with Gasteiger partial charge < -0.3 is 26.2 Å². The van der Waals surface area contributed by atoms with E-state index in [1.54, 1.807) is 57.5 Å². The molecule has 6 N–H and O–H groups in total. The Morgan fingerprint density at radius 3 is 2.35 bits per heavy atom. The molecule has 37 heavy (non-hydrogen) atoms. The smallest absolute Gasteiger partial charge is 0.255 e. The molecule has 2 unspecified atom stereocenters. The van der Waals surface area contributed by atoms with Gasteiger partial charge in [-0.2, -0.15) is 0 Å². The Morgan fingerprint density at radius 1 is 1.05 bits per heavy atom. The molecular formula is C27H27N3O7. The Bertz CT molecular complexity index is 1410.